The first kappa shape index (κ1) is 19.2. The van der Waals surface area contributed by atoms with Crippen LogP contribution in [0, 0.1) is 17.1 Å². The summed E-state index contributed by atoms with van der Waals surface area (Å²) >= 11 is 0. The Bertz CT molecular complexity index is 827. The largest absolute Gasteiger partial charge is 0.497 e. The Labute approximate surface area is 159 Å². The van der Waals surface area contributed by atoms with Gasteiger partial charge in [-0.15, -0.1) is 0 Å². The molecule has 27 heavy (non-hydrogen) atoms. The number of rotatable bonds is 6. The molecule has 0 spiro atoms. The van der Waals surface area contributed by atoms with Crippen molar-refractivity contribution in [3.63, 3.8) is 0 Å². The van der Waals surface area contributed by atoms with Crippen molar-refractivity contribution in [2.75, 3.05) is 40.4 Å². The summed E-state index contributed by atoms with van der Waals surface area (Å²) in [5.41, 5.74) is 2.17. The highest BCUT2D eigenvalue weighted by Crippen LogP contribution is 2.26. The number of benzene rings is 2. The van der Waals surface area contributed by atoms with Crippen molar-refractivity contribution in [2.24, 2.45) is 0 Å². The molecule has 3 rings (SSSR count). The Morgan fingerprint density at radius 3 is 2.19 bits per heavy atom. The molecule has 0 N–H and O–H groups in total. The first-order valence-corrected chi connectivity index (χ1v) is 8.97. The van der Waals surface area contributed by atoms with E-state index in [0.717, 1.165) is 49.8 Å². The van der Waals surface area contributed by atoms with Crippen LogP contribution in [0.15, 0.2) is 36.4 Å². The minimum atomic E-state index is -0.252. The number of nitriles is 1. The summed E-state index contributed by atoms with van der Waals surface area (Å²) in [6.45, 7) is 4.79. The molecule has 2 aromatic rings. The SMILES string of the molecule is COc1ccc(OC)c(CN2CCN(Cc3cc(C#N)ccc3F)CC2)c1. The number of nitrogens with zero attached hydrogens (tertiary/aromatic N) is 3. The van der Waals surface area contributed by atoms with E-state index in [1.165, 1.54) is 12.1 Å². The molecule has 0 aromatic heterocycles. The van der Waals surface area contributed by atoms with Crippen LogP contribution in [0.3, 0.4) is 0 Å². The van der Waals surface area contributed by atoms with Gasteiger partial charge in [-0.05, 0) is 36.4 Å². The van der Waals surface area contributed by atoms with Crippen molar-refractivity contribution < 1.29 is 13.9 Å². The molecule has 1 fully saturated rings. The summed E-state index contributed by atoms with van der Waals surface area (Å²) in [5.74, 6) is 1.42. The van der Waals surface area contributed by atoms with Gasteiger partial charge in [0.05, 0.1) is 25.9 Å². The fourth-order valence-corrected chi connectivity index (χ4v) is 3.36. The standard InChI is InChI=1S/C21H24FN3O2/c1-26-19-4-6-21(27-2)18(12-19)15-25-9-7-24(8-10-25)14-17-11-16(13-23)3-5-20(17)22/h3-6,11-12H,7-10,14-15H2,1-2H3. The van der Waals surface area contributed by atoms with Crippen molar-refractivity contribution in [2.45, 2.75) is 13.1 Å². The highest BCUT2D eigenvalue weighted by Gasteiger charge is 2.19. The van der Waals surface area contributed by atoms with E-state index in [-0.39, 0.29) is 5.82 Å². The van der Waals surface area contributed by atoms with E-state index in [1.54, 1.807) is 20.3 Å². The van der Waals surface area contributed by atoms with E-state index in [4.69, 9.17) is 14.7 Å². The molecule has 0 unspecified atom stereocenters. The quantitative estimate of drug-likeness (QED) is 0.783. The first-order chi connectivity index (χ1) is 13.1. The monoisotopic (exact) mass is 369 g/mol. The third-order valence-electron chi connectivity index (χ3n) is 4.92. The fourth-order valence-electron chi connectivity index (χ4n) is 3.36. The molecule has 0 aliphatic carbocycles. The van der Waals surface area contributed by atoms with E-state index in [0.29, 0.717) is 17.7 Å². The summed E-state index contributed by atoms with van der Waals surface area (Å²) in [6.07, 6.45) is 0. The Hall–Kier alpha value is -2.62. The summed E-state index contributed by atoms with van der Waals surface area (Å²) in [5, 5.41) is 9.00. The third kappa shape index (κ3) is 4.76. The predicted molar refractivity (Wildman–Crippen MR) is 101 cm³/mol. The van der Waals surface area contributed by atoms with Gasteiger partial charge in [0, 0.05) is 50.4 Å². The molecule has 0 bridgehead atoms. The van der Waals surface area contributed by atoms with Crippen LogP contribution < -0.4 is 9.47 Å². The molecule has 1 aliphatic rings. The number of hydrogen-bond donors (Lipinski definition) is 0. The van der Waals surface area contributed by atoms with Gasteiger partial charge in [-0.25, -0.2) is 4.39 Å². The number of ether oxygens (including phenoxy) is 2. The highest BCUT2D eigenvalue weighted by atomic mass is 19.1. The normalized spacial score (nSPS) is 15.3. The zero-order valence-corrected chi connectivity index (χ0v) is 15.7. The van der Waals surface area contributed by atoms with E-state index in [9.17, 15) is 4.39 Å². The molecule has 142 valence electrons. The van der Waals surface area contributed by atoms with Gasteiger partial charge in [0.15, 0.2) is 0 Å². The van der Waals surface area contributed by atoms with Crippen molar-refractivity contribution in [3.05, 3.63) is 58.9 Å². The lowest BCUT2D eigenvalue weighted by molar-refractivity contribution is 0.120. The molecule has 6 heteroatoms. The van der Waals surface area contributed by atoms with Gasteiger partial charge in [0.25, 0.3) is 0 Å². The van der Waals surface area contributed by atoms with Crippen LogP contribution in [0.25, 0.3) is 0 Å². The zero-order chi connectivity index (χ0) is 19.2. The lowest BCUT2D eigenvalue weighted by Gasteiger charge is -2.35. The highest BCUT2D eigenvalue weighted by molar-refractivity contribution is 5.40. The van der Waals surface area contributed by atoms with Crippen LogP contribution in [0.1, 0.15) is 16.7 Å². The van der Waals surface area contributed by atoms with Gasteiger partial charge in [-0.1, -0.05) is 0 Å². The van der Waals surface area contributed by atoms with Gasteiger partial charge in [0.1, 0.15) is 17.3 Å². The maximum absolute atomic E-state index is 14.0. The van der Waals surface area contributed by atoms with E-state index < -0.39 is 0 Å². The molecule has 1 aliphatic heterocycles. The Morgan fingerprint density at radius 2 is 1.59 bits per heavy atom. The van der Waals surface area contributed by atoms with Gasteiger partial charge in [-0.2, -0.15) is 5.26 Å². The molecule has 2 aromatic carbocycles. The van der Waals surface area contributed by atoms with Crippen molar-refractivity contribution in [1.82, 2.24) is 9.80 Å². The van der Waals surface area contributed by atoms with Crippen molar-refractivity contribution in [1.29, 1.82) is 5.26 Å². The maximum atomic E-state index is 14.0. The van der Waals surface area contributed by atoms with E-state index in [1.807, 2.05) is 18.2 Å². The van der Waals surface area contributed by atoms with Gasteiger partial charge >= 0.3 is 0 Å². The summed E-state index contributed by atoms with van der Waals surface area (Å²) in [6, 6.07) is 12.4. The van der Waals surface area contributed by atoms with Crippen LogP contribution in [0.4, 0.5) is 4.39 Å². The second-order valence-electron chi connectivity index (χ2n) is 6.65. The van der Waals surface area contributed by atoms with Crippen LogP contribution in [-0.2, 0) is 13.1 Å². The van der Waals surface area contributed by atoms with E-state index in [2.05, 4.69) is 15.9 Å². The fraction of sp³-hybridized carbons (Fsp3) is 0.381. The Morgan fingerprint density at radius 1 is 0.926 bits per heavy atom. The smallest absolute Gasteiger partial charge is 0.127 e. The van der Waals surface area contributed by atoms with Gasteiger partial charge < -0.3 is 9.47 Å². The van der Waals surface area contributed by atoms with Crippen LogP contribution in [0.2, 0.25) is 0 Å². The van der Waals surface area contributed by atoms with Crippen molar-refractivity contribution >= 4 is 0 Å². The summed E-state index contributed by atoms with van der Waals surface area (Å²) < 4.78 is 24.8. The minimum absolute atomic E-state index is 0.252. The number of methoxy groups -OCH3 is 2. The van der Waals surface area contributed by atoms with Crippen molar-refractivity contribution in [3.8, 4) is 17.6 Å². The van der Waals surface area contributed by atoms with E-state index >= 15 is 0 Å². The maximum Gasteiger partial charge on any atom is 0.127 e. The molecule has 0 atom stereocenters. The molecular weight excluding hydrogens is 345 g/mol. The second kappa shape index (κ2) is 8.85. The topological polar surface area (TPSA) is 48.7 Å². The number of halogens is 1. The van der Waals surface area contributed by atoms with Crippen LogP contribution in [0.5, 0.6) is 11.5 Å². The molecule has 0 radical (unpaired) electrons. The van der Waals surface area contributed by atoms with Crippen LogP contribution in [-0.4, -0.2) is 50.2 Å². The molecule has 0 saturated carbocycles. The molecule has 5 nitrogen and oxygen atoms in total. The zero-order valence-electron chi connectivity index (χ0n) is 15.7. The molecule has 1 heterocycles. The molecule has 1 saturated heterocycles. The second-order valence-corrected chi connectivity index (χ2v) is 6.65. The lowest BCUT2D eigenvalue weighted by Crippen LogP contribution is -2.45. The molecular formula is C21H24FN3O2. The first-order valence-electron chi connectivity index (χ1n) is 8.97. The van der Waals surface area contributed by atoms with Crippen LogP contribution >= 0.6 is 0 Å². The minimum Gasteiger partial charge on any atom is -0.497 e. The average molecular weight is 369 g/mol. The summed E-state index contributed by atoms with van der Waals surface area (Å²) in [7, 11) is 3.33. The molecule has 0 amide bonds. The Balaban J connectivity index is 1.59. The predicted octanol–water partition coefficient (Wildman–Crippen LogP) is 3.03. The summed E-state index contributed by atoms with van der Waals surface area (Å²) in [4.78, 5) is 4.58. The average Bonchev–Trinajstić information content (AvgIpc) is 2.71. The van der Waals surface area contributed by atoms with Gasteiger partial charge in [-0.3, -0.25) is 9.80 Å². The van der Waals surface area contributed by atoms with Gasteiger partial charge in [0.2, 0.25) is 0 Å². The third-order valence-corrected chi connectivity index (χ3v) is 4.92. The number of piperazine rings is 1. The number of hydrogen-bond acceptors (Lipinski definition) is 5. The lowest BCUT2D eigenvalue weighted by atomic mass is 10.1. The Kier molecular flexibility index (Phi) is 6.28.